The molecule has 0 unspecified atom stereocenters. The number of nitrogens with zero attached hydrogens (tertiary/aromatic N) is 1. The lowest BCUT2D eigenvalue weighted by Crippen LogP contribution is -2.24. The summed E-state index contributed by atoms with van der Waals surface area (Å²) in [6.45, 7) is 5.58. The molecule has 0 aliphatic carbocycles. The van der Waals surface area contributed by atoms with Crippen molar-refractivity contribution in [3.05, 3.63) is 101 Å². The third-order valence-corrected chi connectivity index (χ3v) is 5.24. The van der Waals surface area contributed by atoms with Crippen LogP contribution in [0.25, 0.3) is 22.2 Å². The maximum Gasteiger partial charge on any atom is 0.339 e. The molecule has 4 nitrogen and oxygen atoms in total. The van der Waals surface area contributed by atoms with Crippen molar-refractivity contribution in [3.63, 3.8) is 0 Å². The number of ketones is 1. The van der Waals surface area contributed by atoms with Crippen LogP contribution >= 0.6 is 0 Å². The molecule has 0 aliphatic rings. The summed E-state index contributed by atoms with van der Waals surface area (Å²) in [6.07, 6.45) is -0.897. The van der Waals surface area contributed by atoms with Crippen molar-refractivity contribution in [1.82, 2.24) is 4.98 Å². The number of pyridine rings is 1. The number of hydrogen-bond donors (Lipinski definition) is 0. The number of Topliss-reactive ketones (excluding diaryl/α,β-unsaturated/α-hetero) is 1. The lowest BCUT2D eigenvalue weighted by atomic mass is 10.0. The Kier molecular flexibility index (Phi) is 5.63. The number of aryl methyl sites for hydroxylation is 2. The predicted octanol–water partition coefficient (Wildman–Crippen LogP) is 5.95. The molecule has 4 aromatic rings. The molecule has 0 spiro atoms. The van der Waals surface area contributed by atoms with Gasteiger partial charge in [0, 0.05) is 16.5 Å². The molecule has 4 heteroatoms. The predicted molar refractivity (Wildman–Crippen MR) is 122 cm³/mol. The van der Waals surface area contributed by atoms with Crippen LogP contribution in [0.3, 0.4) is 0 Å². The monoisotopic (exact) mass is 409 g/mol. The number of aromatic nitrogens is 1. The number of benzene rings is 3. The first-order valence-corrected chi connectivity index (χ1v) is 10.2. The molecule has 1 heterocycles. The van der Waals surface area contributed by atoms with Crippen LogP contribution in [0.4, 0.5) is 0 Å². The topological polar surface area (TPSA) is 56.3 Å². The zero-order valence-corrected chi connectivity index (χ0v) is 17.8. The average Bonchev–Trinajstić information content (AvgIpc) is 2.78. The van der Waals surface area contributed by atoms with Gasteiger partial charge in [0.2, 0.25) is 5.78 Å². The Bertz CT molecular complexity index is 1260. The second-order valence-electron chi connectivity index (χ2n) is 7.72. The van der Waals surface area contributed by atoms with E-state index in [2.05, 4.69) is 0 Å². The van der Waals surface area contributed by atoms with Crippen LogP contribution in [0.5, 0.6) is 0 Å². The number of carbonyl (C=O) groups is 2. The highest BCUT2D eigenvalue weighted by molar-refractivity contribution is 6.07. The summed E-state index contributed by atoms with van der Waals surface area (Å²) in [5.41, 5.74) is 5.38. The van der Waals surface area contributed by atoms with Crippen molar-refractivity contribution < 1.29 is 14.3 Å². The Morgan fingerprint density at radius 2 is 1.52 bits per heavy atom. The first-order chi connectivity index (χ1) is 14.9. The van der Waals surface area contributed by atoms with Gasteiger partial charge in [0.25, 0.3) is 0 Å². The summed E-state index contributed by atoms with van der Waals surface area (Å²) in [4.78, 5) is 30.6. The molecule has 154 valence electrons. The molecular formula is C27H23NO3. The van der Waals surface area contributed by atoms with Crippen molar-refractivity contribution in [1.29, 1.82) is 0 Å². The minimum Gasteiger partial charge on any atom is -0.451 e. The smallest absolute Gasteiger partial charge is 0.339 e. The lowest BCUT2D eigenvalue weighted by Gasteiger charge is -2.15. The maximum absolute atomic E-state index is 13.2. The third-order valence-electron chi connectivity index (χ3n) is 5.24. The minimum absolute atomic E-state index is 0.234. The van der Waals surface area contributed by atoms with E-state index < -0.39 is 12.1 Å². The molecule has 0 N–H and O–H groups in total. The van der Waals surface area contributed by atoms with Gasteiger partial charge < -0.3 is 4.74 Å². The molecule has 0 aliphatic heterocycles. The van der Waals surface area contributed by atoms with Crippen molar-refractivity contribution in [3.8, 4) is 11.3 Å². The molecule has 0 fully saturated rings. The van der Waals surface area contributed by atoms with E-state index in [0.29, 0.717) is 27.7 Å². The molecular weight excluding hydrogens is 386 g/mol. The van der Waals surface area contributed by atoms with Crippen LogP contribution in [0.15, 0.2) is 78.9 Å². The van der Waals surface area contributed by atoms with E-state index >= 15 is 0 Å². The number of fused-ring (bicyclic) bond motifs is 1. The van der Waals surface area contributed by atoms with Gasteiger partial charge in [-0.2, -0.15) is 0 Å². The number of rotatable bonds is 5. The molecule has 1 aromatic heterocycles. The largest absolute Gasteiger partial charge is 0.451 e. The van der Waals surface area contributed by atoms with Crippen LogP contribution in [0.2, 0.25) is 0 Å². The van der Waals surface area contributed by atoms with Crippen molar-refractivity contribution in [2.75, 3.05) is 0 Å². The second-order valence-corrected chi connectivity index (χ2v) is 7.72. The average molecular weight is 409 g/mol. The summed E-state index contributed by atoms with van der Waals surface area (Å²) in [5.74, 6) is -0.773. The van der Waals surface area contributed by atoms with Crippen LogP contribution in [0, 0.1) is 13.8 Å². The van der Waals surface area contributed by atoms with Crippen molar-refractivity contribution >= 4 is 22.7 Å². The van der Waals surface area contributed by atoms with Crippen LogP contribution in [-0.4, -0.2) is 22.8 Å². The first-order valence-electron chi connectivity index (χ1n) is 10.2. The zero-order valence-electron chi connectivity index (χ0n) is 17.8. The number of ether oxygens (including phenoxy) is 1. The highest BCUT2D eigenvalue weighted by atomic mass is 16.5. The Morgan fingerprint density at radius 3 is 2.23 bits per heavy atom. The van der Waals surface area contributed by atoms with Gasteiger partial charge in [-0.1, -0.05) is 71.8 Å². The molecule has 31 heavy (non-hydrogen) atoms. The van der Waals surface area contributed by atoms with E-state index in [0.717, 1.165) is 16.7 Å². The Morgan fingerprint density at radius 1 is 0.839 bits per heavy atom. The normalized spacial score (nSPS) is 11.8. The van der Waals surface area contributed by atoms with E-state index in [1.165, 1.54) is 0 Å². The molecule has 1 atom stereocenters. The standard InChI is InChI=1S/C27H23NO3/c1-17-9-12-20(13-10-17)25-16-23(22-15-18(2)11-14-24(22)28-25)27(30)31-19(3)26(29)21-7-5-4-6-8-21/h4-16,19H,1-3H3/t19-/m1/s1. The van der Waals surface area contributed by atoms with Gasteiger partial charge in [-0.05, 0) is 39.0 Å². The summed E-state index contributed by atoms with van der Waals surface area (Å²) in [5, 5.41) is 0.709. The molecule has 3 aromatic carbocycles. The van der Waals surface area contributed by atoms with E-state index in [1.54, 1.807) is 37.3 Å². The Labute approximate surface area is 181 Å². The van der Waals surface area contributed by atoms with E-state index in [-0.39, 0.29) is 5.78 Å². The fraction of sp³-hybridized carbons (Fsp3) is 0.148. The minimum atomic E-state index is -0.897. The van der Waals surface area contributed by atoms with Crippen LogP contribution in [0.1, 0.15) is 38.8 Å². The van der Waals surface area contributed by atoms with Gasteiger partial charge >= 0.3 is 5.97 Å². The molecule has 4 rings (SSSR count). The fourth-order valence-corrected chi connectivity index (χ4v) is 3.50. The van der Waals surface area contributed by atoms with Gasteiger partial charge in [0.15, 0.2) is 6.10 Å². The zero-order chi connectivity index (χ0) is 22.0. The van der Waals surface area contributed by atoms with E-state index in [9.17, 15) is 9.59 Å². The van der Waals surface area contributed by atoms with Crippen LogP contribution < -0.4 is 0 Å². The van der Waals surface area contributed by atoms with Gasteiger partial charge in [-0.15, -0.1) is 0 Å². The molecule has 0 saturated heterocycles. The third kappa shape index (κ3) is 4.38. The molecule has 0 radical (unpaired) electrons. The van der Waals surface area contributed by atoms with Gasteiger partial charge in [-0.25, -0.2) is 9.78 Å². The maximum atomic E-state index is 13.2. The van der Waals surface area contributed by atoms with Crippen molar-refractivity contribution in [2.24, 2.45) is 0 Å². The van der Waals surface area contributed by atoms with Crippen molar-refractivity contribution in [2.45, 2.75) is 26.9 Å². The van der Waals surface area contributed by atoms with E-state index in [4.69, 9.17) is 9.72 Å². The summed E-state index contributed by atoms with van der Waals surface area (Å²) >= 11 is 0. The van der Waals surface area contributed by atoms with Gasteiger partial charge in [0.05, 0.1) is 16.8 Å². The first kappa shape index (κ1) is 20.5. The highest BCUT2D eigenvalue weighted by Crippen LogP contribution is 2.27. The molecule has 0 amide bonds. The Hall–Kier alpha value is -3.79. The second kappa shape index (κ2) is 8.52. The highest BCUT2D eigenvalue weighted by Gasteiger charge is 2.22. The SMILES string of the molecule is Cc1ccc(-c2cc(C(=O)O[C@H](C)C(=O)c3ccccc3)c3cc(C)ccc3n2)cc1. The number of esters is 1. The van der Waals surface area contributed by atoms with Gasteiger partial charge in [-0.3, -0.25) is 4.79 Å². The number of carbonyl (C=O) groups excluding carboxylic acids is 2. The van der Waals surface area contributed by atoms with Gasteiger partial charge in [0.1, 0.15) is 0 Å². The number of hydrogen-bond acceptors (Lipinski definition) is 4. The van der Waals surface area contributed by atoms with E-state index in [1.807, 2.05) is 62.4 Å². The summed E-state index contributed by atoms with van der Waals surface area (Å²) in [7, 11) is 0. The molecule has 0 saturated carbocycles. The lowest BCUT2D eigenvalue weighted by molar-refractivity contribution is 0.0320. The van der Waals surface area contributed by atoms with Crippen LogP contribution in [-0.2, 0) is 4.74 Å². The summed E-state index contributed by atoms with van der Waals surface area (Å²) in [6, 6.07) is 24.3. The summed E-state index contributed by atoms with van der Waals surface area (Å²) < 4.78 is 5.59. The quantitative estimate of drug-likeness (QED) is 0.302. The molecule has 0 bridgehead atoms. The fourth-order valence-electron chi connectivity index (χ4n) is 3.50. The Balaban J connectivity index is 1.72.